The maximum absolute atomic E-state index is 6.25. The van der Waals surface area contributed by atoms with Crippen LogP contribution in [0.2, 0.25) is 5.15 Å². The van der Waals surface area contributed by atoms with Gasteiger partial charge in [0, 0.05) is 12.1 Å². The fourth-order valence-corrected chi connectivity index (χ4v) is 2.87. The van der Waals surface area contributed by atoms with E-state index < -0.39 is 0 Å². The predicted molar refractivity (Wildman–Crippen MR) is 82.3 cm³/mol. The SMILES string of the molecule is Clc1nc(NCCc2ccccc2)nc2c1CCCC2. The molecule has 1 aliphatic rings. The van der Waals surface area contributed by atoms with Crippen molar-refractivity contribution in [3.05, 3.63) is 52.3 Å². The summed E-state index contributed by atoms with van der Waals surface area (Å²) in [4.78, 5) is 8.96. The molecule has 1 heterocycles. The van der Waals surface area contributed by atoms with Crippen LogP contribution in [0.15, 0.2) is 30.3 Å². The second-order valence-electron chi connectivity index (χ2n) is 5.13. The van der Waals surface area contributed by atoms with E-state index in [0.29, 0.717) is 11.1 Å². The van der Waals surface area contributed by atoms with Gasteiger partial charge in [-0.05, 0) is 37.7 Å². The van der Waals surface area contributed by atoms with Crippen LogP contribution in [-0.4, -0.2) is 16.5 Å². The fraction of sp³-hybridized carbons (Fsp3) is 0.375. The highest BCUT2D eigenvalue weighted by Gasteiger charge is 2.16. The molecule has 0 saturated carbocycles. The Balaban J connectivity index is 1.64. The first-order chi connectivity index (χ1) is 9.83. The third kappa shape index (κ3) is 3.10. The highest BCUT2D eigenvalue weighted by molar-refractivity contribution is 6.30. The summed E-state index contributed by atoms with van der Waals surface area (Å²) in [7, 11) is 0. The Morgan fingerprint density at radius 2 is 1.85 bits per heavy atom. The number of halogens is 1. The van der Waals surface area contributed by atoms with Gasteiger partial charge in [-0.15, -0.1) is 0 Å². The van der Waals surface area contributed by atoms with Gasteiger partial charge in [-0.25, -0.2) is 9.97 Å². The Morgan fingerprint density at radius 3 is 2.70 bits per heavy atom. The van der Waals surface area contributed by atoms with Gasteiger partial charge < -0.3 is 5.32 Å². The molecule has 0 fully saturated rings. The Morgan fingerprint density at radius 1 is 1.05 bits per heavy atom. The summed E-state index contributed by atoms with van der Waals surface area (Å²) in [5, 5.41) is 3.90. The maximum atomic E-state index is 6.25. The molecule has 1 aliphatic carbocycles. The van der Waals surface area contributed by atoms with E-state index in [-0.39, 0.29) is 0 Å². The van der Waals surface area contributed by atoms with Crippen molar-refractivity contribution in [1.82, 2.24) is 9.97 Å². The number of benzene rings is 1. The van der Waals surface area contributed by atoms with Crippen LogP contribution in [0, 0.1) is 0 Å². The lowest BCUT2D eigenvalue weighted by Gasteiger charge is -2.16. The van der Waals surface area contributed by atoms with Crippen LogP contribution < -0.4 is 5.32 Å². The Bertz CT molecular complexity index is 584. The molecule has 0 radical (unpaired) electrons. The van der Waals surface area contributed by atoms with Gasteiger partial charge in [0.25, 0.3) is 0 Å². The molecular weight excluding hydrogens is 270 g/mol. The third-order valence-corrected chi connectivity index (χ3v) is 3.98. The lowest BCUT2D eigenvalue weighted by Crippen LogP contribution is -2.13. The summed E-state index contributed by atoms with van der Waals surface area (Å²) in [5.41, 5.74) is 3.58. The van der Waals surface area contributed by atoms with E-state index in [1.165, 1.54) is 18.4 Å². The molecule has 4 heteroatoms. The zero-order valence-electron chi connectivity index (χ0n) is 11.4. The highest BCUT2D eigenvalue weighted by atomic mass is 35.5. The number of nitrogens with one attached hydrogen (secondary N) is 1. The number of fused-ring (bicyclic) bond motifs is 1. The van der Waals surface area contributed by atoms with E-state index in [1.807, 2.05) is 6.07 Å². The lowest BCUT2D eigenvalue weighted by molar-refractivity contribution is 0.663. The van der Waals surface area contributed by atoms with Gasteiger partial charge in [0.1, 0.15) is 5.15 Å². The molecule has 0 spiro atoms. The third-order valence-electron chi connectivity index (χ3n) is 3.67. The monoisotopic (exact) mass is 287 g/mol. The molecule has 1 N–H and O–H groups in total. The molecule has 3 rings (SSSR count). The fourth-order valence-electron chi connectivity index (χ4n) is 2.59. The first kappa shape index (κ1) is 13.4. The van der Waals surface area contributed by atoms with Crippen LogP contribution in [-0.2, 0) is 19.3 Å². The summed E-state index contributed by atoms with van der Waals surface area (Å²) in [6, 6.07) is 10.4. The lowest BCUT2D eigenvalue weighted by atomic mass is 9.97. The van der Waals surface area contributed by atoms with Gasteiger partial charge in [-0.1, -0.05) is 41.9 Å². The van der Waals surface area contributed by atoms with Gasteiger partial charge in [0.2, 0.25) is 5.95 Å². The van der Waals surface area contributed by atoms with Crippen molar-refractivity contribution in [3.8, 4) is 0 Å². The number of nitrogens with zero attached hydrogens (tertiary/aromatic N) is 2. The van der Waals surface area contributed by atoms with E-state index in [1.54, 1.807) is 0 Å². The molecule has 0 atom stereocenters. The summed E-state index contributed by atoms with van der Waals surface area (Å²) >= 11 is 6.25. The van der Waals surface area contributed by atoms with Crippen molar-refractivity contribution in [2.24, 2.45) is 0 Å². The van der Waals surface area contributed by atoms with E-state index >= 15 is 0 Å². The smallest absolute Gasteiger partial charge is 0.224 e. The van der Waals surface area contributed by atoms with Crippen molar-refractivity contribution < 1.29 is 0 Å². The minimum Gasteiger partial charge on any atom is -0.354 e. The average molecular weight is 288 g/mol. The second kappa shape index (κ2) is 6.23. The van der Waals surface area contributed by atoms with Crippen LogP contribution in [0.25, 0.3) is 0 Å². The van der Waals surface area contributed by atoms with Crippen LogP contribution in [0.4, 0.5) is 5.95 Å². The zero-order valence-corrected chi connectivity index (χ0v) is 12.2. The number of hydrogen-bond acceptors (Lipinski definition) is 3. The number of aryl methyl sites for hydroxylation is 1. The number of rotatable bonds is 4. The normalized spacial score (nSPS) is 13.8. The number of aromatic nitrogens is 2. The van der Waals surface area contributed by atoms with E-state index in [0.717, 1.165) is 37.1 Å². The molecule has 20 heavy (non-hydrogen) atoms. The van der Waals surface area contributed by atoms with Gasteiger partial charge in [0.05, 0.1) is 5.69 Å². The maximum Gasteiger partial charge on any atom is 0.224 e. The van der Waals surface area contributed by atoms with Crippen molar-refractivity contribution >= 4 is 17.5 Å². The predicted octanol–water partition coefficient (Wildman–Crippen LogP) is 3.66. The number of hydrogen-bond donors (Lipinski definition) is 1. The number of anilines is 1. The van der Waals surface area contributed by atoms with Crippen molar-refractivity contribution in [2.45, 2.75) is 32.1 Å². The minimum atomic E-state index is 0.622. The average Bonchev–Trinajstić information content (AvgIpc) is 2.48. The molecule has 2 aromatic rings. The van der Waals surface area contributed by atoms with Gasteiger partial charge in [0.15, 0.2) is 0 Å². The summed E-state index contributed by atoms with van der Waals surface area (Å²) < 4.78 is 0. The van der Waals surface area contributed by atoms with Gasteiger partial charge in [-0.3, -0.25) is 0 Å². The molecule has 0 saturated heterocycles. The van der Waals surface area contributed by atoms with Crippen molar-refractivity contribution in [2.75, 3.05) is 11.9 Å². The van der Waals surface area contributed by atoms with Gasteiger partial charge >= 0.3 is 0 Å². The van der Waals surface area contributed by atoms with E-state index in [4.69, 9.17) is 11.6 Å². The quantitative estimate of drug-likeness (QED) is 0.872. The molecule has 0 amide bonds. The van der Waals surface area contributed by atoms with Crippen molar-refractivity contribution in [1.29, 1.82) is 0 Å². The molecule has 0 bridgehead atoms. The first-order valence-corrected chi connectivity index (χ1v) is 7.54. The Labute approximate surface area is 124 Å². The largest absolute Gasteiger partial charge is 0.354 e. The summed E-state index contributed by atoms with van der Waals surface area (Å²) in [5.74, 6) is 0.659. The van der Waals surface area contributed by atoms with Crippen molar-refractivity contribution in [3.63, 3.8) is 0 Å². The molecule has 1 aromatic heterocycles. The topological polar surface area (TPSA) is 37.8 Å². The zero-order chi connectivity index (χ0) is 13.8. The molecule has 0 unspecified atom stereocenters. The van der Waals surface area contributed by atoms with E-state index in [2.05, 4.69) is 39.6 Å². The highest BCUT2D eigenvalue weighted by Crippen LogP contribution is 2.26. The molecular formula is C16H18ClN3. The summed E-state index contributed by atoms with van der Waals surface area (Å²) in [6.45, 7) is 0.819. The van der Waals surface area contributed by atoms with Crippen LogP contribution >= 0.6 is 11.6 Å². The van der Waals surface area contributed by atoms with Crippen LogP contribution in [0.5, 0.6) is 0 Å². The summed E-state index contributed by atoms with van der Waals surface area (Å²) in [6.07, 6.45) is 5.38. The van der Waals surface area contributed by atoms with Crippen LogP contribution in [0.1, 0.15) is 29.7 Å². The second-order valence-corrected chi connectivity index (χ2v) is 5.49. The van der Waals surface area contributed by atoms with Gasteiger partial charge in [-0.2, -0.15) is 0 Å². The molecule has 3 nitrogen and oxygen atoms in total. The molecule has 104 valence electrons. The minimum absolute atomic E-state index is 0.622. The molecule has 0 aliphatic heterocycles. The standard InChI is InChI=1S/C16H18ClN3/c17-15-13-8-4-5-9-14(13)19-16(20-15)18-11-10-12-6-2-1-3-7-12/h1-3,6-7H,4-5,8-11H2,(H,18,19,20). The first-order valence-electron chi connectivity index (χ1n) is 7.16. The molecule has 1 aromatic carbocycles. The Hall–Kier alpha value is -1.61. The Kier molecular flexibility index (Phi) is 4.16. The van der Waals surface area contributed by atoms with E-state index in [9.17, 15) is 0 Å². The van der Waals surface area contributed by atoms with Crippen LogP contribution in [0.3, 0.4) is 0 Å².